The van der Waals surface area contributed by atoms with Crippen molar-refractivity contribution >= 4 is 11.8 Å². The summed E-state index contributed by atoms with van der Waals surface area (Å²) in [5.74, 6) is -1.07. The van der Waals surface area contributed by atoms with E-state index in [1.165, 1.54) is 38.5 Å². The molecular formula is C19H38N2O2. The van der Waals surface area contributed by atoms with Gasteiger partial charge < -0.3 is 11.5 Å². The van der Waals surface area contributed by atoms with E-state index >= 15 is 0 Å². The molecule has 0 aromatic carbocycles. The van der Waals surface area contributed by atoms with E-state index in [2.05, 4.69) is 13.8 Å². The molecule has 0 heterocycles. The van der Waals surface area contributed by atoms with Gasteiger partial charge in [0.1, 0.15) is 5.41 Å². The summed E-state index contributed by atoms with van der Waals surface area (Å²) in [6, 6.07) is 0. The molecule has 0 saturated carbocycles. The lowest BCUT2D eigenvalue weighted by Gasteiger charge is -2.27. The summed E-state index contributed by atoms with van der Waals surface area (Å²) in [7, 11) is 0. The molecule has 0 aromatic heterocycles. The minimum Gasteiger partial charge on any atom is -0.369 e. The lowest BCUT2D eigenvalue weighted by Crippen LogP contribution is -2.47. The summed E-state index contributed by atoms with van der Waals surface area (Å²) in [5, 5.41) is 0. The van der Waals surface area contributed by atoms with Crippen LogP contribution in [0, 0.1) is 5.41 Å². The molecule has 136 valence electrons. The largest absolute Gasteiger partial charge is 0.369 e. The van der Waals surface area contributed by atoms with Crippen LogP contribution in [-0.4, -0.2) is 11.8 Å². The number of amides is 2. The maximum atomic E-state index is 11.9. The molecule has 0 aliphatic carbocycles. The normalized spacial score (nSPS) is 11.6. The van der Waals surface area contributed by atoms with Gasteiger partial charge in [0.05, 0.1) is 0 Å². The van der Waals surface area contributed by atoms with Gasteiger partial charge in [0.2, 0.25) is 11.8 Å². The molecule has 2 amide bonds. The zero-order valence-corrected chi connectivity index (χ0v) is 15.4. The molecule has 23 heavy (non-hydrogen) atoms. The third-order valence-electron chi connectivity index (χ3n) is 4.86. The zero-order valence-electron chi connectivity index (χ0n) is 15.4. The molecule has 0 spiro atoms. The Balaban J connectivity index is 4.30. The summed E-state index contributed by atoms with van der Waals surface area (Å²) < 4.78 is 0. The summed E-state index contributed by atoms with van der Waals surface area (Å²) in [6.07, 6.45) is 14.5. The van der Waals surface area contributed by atoms with Crippen LogP contribution in [0.4, 0.5) is 0 Å². The third kappa shape index (κ3) is 8.97. The maximum Gasteiger partial charge on any atom is 0.233 e. The van der Waals surface area contributed by atoms with Crippen LogP contribution in [0.15, 0.2) is 0 Å². The minimum atomic E-state index is -1.13. The smallest absolute Gasteiger partial charge is 0.233 e. The number of unbranched alkanes of at least 4 members (excludes halogenated alkanes) is 10. The lowest BCUT2D eigenvalue weighted by atomic mass is 9.76. The monoisotopic (exact) mass is 326 g/mol. The molecular weight excluding hydrogens is 288 g/mol. The molecule has 0 atom stereocenters. The number of primary amides is 2. The molecule has 0 aromatic rings. The first-order valence-corrected chi connectivity index (χ1v) is 9.61. The van der Waals surface area contributed by atoms with Crippen LogP contribution >= 0.6 is 0 Å². The van der Waals surface area contributed by atoms with E-state index in [4.69, 9.17) is 11.5 Å². The highest BCUT2D eigenvalue weighted by molar-refractivity contribution is 6.03. The second-order valence-electron chi connectivity index (χ2n) is 6.85. The van der Waals surface area contributed by atoms with E-state index < -0.39 is 17.2 Å². The molecule has 4 N–H and O–H groups in total. The van der Waals surface area contributed by atoms with Crippen molar-refractivity contribution in [3.05, 3.63) is 0 Å². The quantitative estimate of drug-likeness (QED) is 0.324. The molecule has 0 aliphatic heterocycles. The number of rotatable bonds is 16. The van der Waals surface area contributed by atoms with Gasteiger partial charge >= 0.3 is 0 Å². The predicted octanol–water partition coefficient (Wildman–Crippen LogP) is 4.44. The molecule has 0 aliphatic rings. The average molecular weight is 327 g/mol. The van der Waals surface area contributed by atoms with E-state index in [0.29, 0.717) is 12.8 Å². The van der Waals surface area contributed by atoms with Crippen molar-refractivity contribution in [1.29, 1.82) is 0 Å². The molecule has 0 rings (SSSR count). The van der Waals surface area contributed by atoms with Gasteiger partial charge in [-0.05, 0) is 12.8 Å². The SMILES string of the molecule is CCCCCCCCC(CCCCCCCC)(C(N)=O)C(N)=O. The van der Waals surface area contributed by atoms with Crippen molar-refractivity contribution in [1.82, 2.24) is 0 Å². The lowest BCUT2D eigenvalue weighted by molar-refractivity contribution is -0.141. The van der Waals surface area contributed by atoms with Crippen molar-refractivity contribution in [2.45, 2.75) is 104 Å². The summed E-state index contributed by atoms with van der Waals surface area (Å²) in [5.41, 5.74) is 9.99. The summed E-state index contributed by atoms with van der Waals surface area (Å²) in [6.45, 7) is 4.37. The Hall–Kier alpha value is -1.06. The molecule has 0 radical (unpaired) electrons. The molecule has 0 bridgehead atoms. The van der Waals surface area contributed by atoms with Gasteiger partial charge in [0.15, 0.2) is 0 Å². The highest BCUT2D eigenvalue weighted by Gasteiger charge is 2.41. The number of nitrogens with two attached hydrogens (primary N) is 2. The third-order valence-corrected chi connectivity index (χ3v) is 4.86. The predicted molar refractivity (Wildman–Crippen MR) is 96.8 cm³/mol. The first kappa shape index (κ1) is 21.9. The van der Waals surface area contributed by atoms with Crippen LogP contribution in [0.5, 0.6) is 0 Å². The van der Waals surface area contributed by atoms with Gasteiger partial charge in [-0.15, -0.1) is 0 Å². The average Bonchev–Trinajstić information content (AvgIpc) is 2.51. The van der Waals surface area contributed by atoms with E-state index in [0.717, 1.165) is 38.5 Å². The van der Waals surface area contributed by atoms with Crippen LogP contribution in [-0.2, 0) is 9.59 Å². The van der Waals surface area contributed by atoms with Crippen LogP contribution in [0.25, 0.3) is 0 Å². The Labute approximate surface area is 142 Å². The molecule has 0 saturated heterocycles. The van der Waals surface area contributed by atoms with Gasteiger partial charge in [0, 0.05) is 0 Å². The Bertz CT molecular complexity index is 297. The molecule has 4 heteroatoms. The highest BCUT2D eigenvalue weighted by atomic mass is 16.2. The molecule has 4 nitrogen and oxygen atoms in total. The van der Waals surface area contributed by atoms with Crippen LogP contribution in [0.2, 0.25) is 0 Å². The van der Waals surface area contributed by atoms with Crippen molar-refractivity contribution in [3.63, 3.8) is 0 Å². The van der Waals surface area contributed by atoms with E-state index in [1.807, 2.05) is 0 Å². The Morgan fingerprint density at radius 1 is 0.609 bits per heavy atom. The van der Waals surface area contributed by atoms with Crippen molar-refractivity contribution in [2.24, 2.45) is 16.9 Å². The Morgan fingerprint density at radius 3 is 1.22 bits per heavy atom. The maximum absolute atomic E-state index is 11.9. The number of carbonyl (C=O) groups excluding carboxylic acids is 2. The fraction of sp³-hybridized carbons (Fsp3) is 0.895. The Morgan fingerprint density at radius 2 is 0.913 bits per heavy atom. The van der Waals surface area contributed by atoms with Crippen LogP contribution in [0.3, 0.4) is 0 Å². The van der Waals surface area contributed by atoms with Crippen molar-refractivity contribution in [2.75, 3.05) is 0 Å². The molecule has 0 fully saturated rings. The fourth-order valence-electron chi connectivity index (χ4n) is 3.15. The first-order chi connectivity index (χ1) is 11.0. The van der Waals surface area contributed by atoms with Gasteiger partial charge in [-0.1, -0.05) is 90.9 Å². The minimum absolute atomic E-state index is 0.513. The second-order valence-corrected chi connectivity index (χ2v) is 6.85. The first-order valence-electron chi connectivity index (χ1n) is 9.61. The van der Waals surface area contributed by atoms with Crippen LogP contribution in [0.1, 0.15) is 104 Å². The van der Waals surface area contributed by atoms with E-state index in [-0.39, 0.29) is 0 Å². The van der Waals surface area contributed by atoms with Gasteiger partial charge in [-0.2, -0.15) is 0 Å². The number of hydrogen-bond donors (Lipinski definition) is 2. The van der Waals surface area contributed by atoms with Gasteiger partial charge in [0.25, 0.3) is 0 Å². The van der Waals surface area contributed by atoms with Gasteiger partial charge in [-0.25, -0.2) is 0 Å². The van der Waals surface area contributed by atoms with Gasteiger partial charge in [-0.3, -0.25) is 9.59 Å². The fourth-order valence-corrected chi connectivity index (χ4v) is 3.15. The number of hydrogen-bond acceptors (Lipinski definition) is 2. The Kier molecular flexibility index (Phi) is 12.8. The number of carbonyl (C=O) groups is 2. The van der Waals surface area contributed by atoms with E-state index in [1.54, 1.807) is 0 Å². The van der Waals surface area contributed by atoms with E-state index in [9.17, 15) is 9.59 Å². The standard InChI is InChI=1S/C19H38N2O2/c1-3-5-7-9-11-13-15-19(17(20)22,18(21)23)16-14-12-10-8-6-4-2/h3-16H2,1-2H3,(H2,20,22)(H2,21,23). The summed E-state index contributed by atoms with van der Waals surface area (Å²) in [4.78, 5) is 23.8. The second kappa shape index (κ2) is 13.4. The topological polar surface area (TPSA) is 86.2 Å². The highest BCUT2D eigenvalue weighted by Crippen LogP contribution is 2.31. The van der Waals surface area contributed by atoms with Crippen LogP contribution < -0.4 is 11.5 Å². The van der Waals surface area contributed by atoms with Crippen molar-refractivity contribution in [3.8, 4) is 0 Å². The van der Waals surface area contributed by atoms with Crippen molar-refractivity contribution < 1.29 is 9.59 Å². The zero-order chi connectivity index (χ0) is 17.6. The summed E-state index contributed by atoms with van der Waals surface area (Å²) >= 11 is 0. The molecule has 0 unspecified atom stereocenters.